The third-order valence-electron chi connectivity index (χ3n) is 4.23. The highest BCUT2D eigenvalue weighted by Gasteiger charge is 2.35. The average Bonchev–Trinajstić information content (AvgIpc) is 3.21. The second-order valence-corrected chi connectivity index (χ2v) is 6.62. The van der Waals surface area contributed by atoms with Gasteiger partial charge in [-0.25, -0.2) is 9.97 Å². The summed E-state index contributed by atoms with van der Waals surface area (Å²) in [5.41, 5.74) is 3.47. The van der Waals surface area contributed by atoms with E-state index in [1.54, 1.807) is 7.11 Å². The predicted octanol–water partition coefficient (Wildman–Crippen LogP) is 3.29. The second-order valence-electron chi connectivity index (χ2n) is 6.62. The van der Waals surface area contributed by atoms with Gasteiger partial charge in [-0.05, 0) is 44.1 Å². The van der Waals surface area contributed by atoms with Gasteiger partial charge in [0.15, 0.2) is 5.82 Å². The van der Waals surface area contributed by atoms with Crippen LogP contribution >= 0.6 is 0 Å². The molecule has 4 heteroatoms. The Hall–Kier alpha value is -1.00. The first-order valence-corrected chi connectivity index (χ1v) is 8.05. The van der Waals surface area contributed by atoms with Gasteiger partial charge in [0, 0.05) is 31.1 Å². The molecule has 1 N–H and O–H groups in total. The van der Waals surface area contributed by atoms with Crippen LogP contribution in [-0.2, 0) is 4.74 Å². The molecule has 0 aromatic carbocycles. The molecule has 0 saturated heterocycles. The maximum absolute atomic E-state index is 5.61. The molecule has 2 unspecified atom stereocenters. The van der Waals surface area contributed by atoms with Crippen molar-refractivity contribution < 1.29 is 4.74 Å². The van der Waals surface area contributed by atoms with E-state index in [9.17, 15) is 0 Å². The van der Waals surface area contributed by atoms with Crippen molar-refractivity contribution in [3.63, 3.8) is 0 Å². The molecular weight excluding hydrogens is 262 g/mol. The molecule has 0 bridgehead atoms. The lowest BCUT2D eigenvalue weighted by atomic mass is 9.97. The quantitative estimate of drug-likeness (QED) is 0.837. The van der Waals surface area contributed by atoms with Gasteiger partial charge in [0.2, 0.25) is 0 Å². The fraction of sp³-hybridized carbons (Fsp3) is 0.765. The van der Waals surface area contributed by atoms with E-state index in [-0.39, 0.29) is 6.10 Å². The van der Waals surface area contributed by atoms with Gasteiger partial charge in [-0.1, -0.05) is 20.8 Å². The number of hydrogen-bond acceptors (Lipinski definition) is 4. The molecule has 0 amide bonds. The van der Waals surface area contributed by atoms with Crippen molar-refractivity contribution >= 4 is 0 Å². The molecule has 1 fully saturated rings. The Bertz CT molecular complexity index is 460. The first-order valence-electron chi connectivity index (χ1n) is 8.05. The maximum atomic E-state index is 5.61. The largest absolute Gasteiger partial charge is 0.373 e. The Labute approximate surface area is 128 Å². The highest BCUT2D eigenvalue weighted by Crippen LogP contribution is 2.42. The minimum Gasteiger partial charge on any atom is -0.373 e. The minimum atomic E-state index is 0.0699. The summed E-state index contributed by atoms with van der Waals surface area (Å²) < 4.78 is 5.61. The molecule has 4 nitrogen and oxygen atoms in total. The molecule has 0 aliphatic heterocycles. The van der Waals surface area contributed by atoms with Gasteiger partial charge >= 0.3 is 0 Å². The third kappa shape index (κ3) is 4.01. The van der Waals surface area contributed by atoms with Crippen LogP contribution in [0.15, 0.2) is 0 Å². The second kappa shape index (κ2) is 6.84. The summed E-state index contributed by atoms with van der Waals surface area (Å²) in [5.74, 6) is 1.89. The number of ether oxygens (including phenoxy) is 1. The molecule has 21 heavy (non-hydrogen) atoms. The number of rotatable bonds is 7. The number of aromatic nitrogens is 2. The maximum Gasteiger partial charge on any atom is 0.157 e. The third-order valence-corrected chi connectivity index (χ3v) is 4.23. The van der Waals surface area contributed by atoms with Crippen molar-refractivity contribution in [2.45, 2.75) is 65.5 Å². The van der Waals surface area contributed by atoms with E-state index < -0.39 is 0 Å². The normalized spacial score (nSPS) is 18.0. The minimum absolute atomic E-state index is 0.0699. The smallest absolute Gasteiger partial charge is 0.157 e. The zero-order chi connectivity index (χ0) is 15.6. The predicted molar refractivity (Wildman–Crippen MR) is 85.5 cm³/mol. The molecule has 1 aromatic heterocycles. The van der Waals surface area contributed by atoms with Gasteiger partial charge < -0.3 is 10.1 Å². The molecule has 2 atom stereocenters. The van der Waals surface area contributed by atoms with Gasteiger partial charge in [-0.3, -0.25) is 0 Å². The van der Waals surface area contributed by atoms with E-state index in [2.05, 4.69) is 39.9 Å². The Morgan fingerprint density at radius 2 is 1.71 bits per heavy atom. The molecule has 0 radical (unpaired) electrons. The molecule has 1 heterocycles. The zero-order valence-electron chi connectivity index (χ0n) is 14.2. The molecule has 2 rings (SSSR count). The van der Waals surface area contributed by atoms with Crippen molar-refractivity contribution in [3.8, 4) is 0 Å². The van der Waals surface area contributed by atoms with Gasteiger partial charge in [-0.2, -0.15) is 0 Å². The van der Waals surface area contributed by atoms with E-state index in [0.717, 1.165) is 23.8 Å². The van der Waals surface area contributed by atoms with Crippen molar-refractivity contribution in [1.29, 1.82) is 0 Å². The Balaban J connectivity index is 2.20. The number of aryl methyl sites for hydroxylation is 2. The van der Waals surface area contributed by atoms with Crippen LogP contribution < -0.4 is 5.32 Å². The highest BCUT2D eigenvalue weighted by atomic mass is 16.5. The first kappa shape index (κ1) is 16.4. The molecule has 1 saturated carbocycles. The van der Waals surface area contributed by atoms with Crippen LogP contribution in [0.1, 0.15) is 68.4 Å². The monoisotopic (exact) mass is 291 g/mol. The first-order chi connectivity index (χ1) is 9.93. The van der Waals surface area contributed by atoms with Gasteiger partial charge in [0.05, 0.1) is 0 Å². The Kier molecular flexibility index (Phi) is 5.33. The van der Waals surface area contributed by atoms with E-state index in [1.807, 2.05) is 0 Å². The molecular formula is C17H29N3O. The number of methoxy groups -OCH3 is 1. The summed E-state index contributed by atoms with van der Waals surface area (Å²) in [5, 5.41) is 3.49. The van der Waals surface area contributed by atoms with Crippen molar-refractivity contribution in [2.24, 2.45) is 5.92 Å². The van der Waals surface area contributed by atoms with Crippen molar-refractivity contribution in [3.05, 3.63) is 22.8 Å². The highest BCUT2D eigenvalue weighted by molar-refractivity contribution is 5.29. The Morgan fingerprint density at radius 3 is 2.14 bits per heavy atom. The summed E-state index contributed by atoms with van der Waals surface area (Å²) >= 11 is 0. The summed E-state index contributed by atoms with van der Waals surface area (Å²) in [6.07, 6.45) is 2.54. The fourth-order valence-corrected chi connectivity index (χ4v) is 3.01. The summed E-state index contributed by atoms with van der Waals surface area (Å²) in [4.78, 5) is 9.50. The number of nitrogens with zero attached hydrogens (tertiary/aromatic N) is 2. The van der Waals surface area contributed by atoms with Crippen LogP contribution in [0.25, 0.3) is 0 Å². The molecule has 1 aliphatic rings. The SMILES string of the molecule is COC(c1nc(C)c(C(C)CNC(C)C)c(C)n1)C1CC1. The topological polar surface area (TPSA) is 47.0 Å². The van der Waals surface area contributed by atoms with Crippen LogP contribution in [-0.4, -0.2) is 29.7 Å². The van der Waals surface area contributed by atoms with Gasteiger partial charge in [0.25, 0.3) is 0 Å². The van der Waals surface area contributed by atoms with Crippen molar-refractivity contribution in [1.82, 2.24) is 15.3 Å². The van der Waals surface area contributed by atoms with Crippen molar-refractivity contribution in [2.75, 3.05) is 13.7 Å². The average molecular weight is 291 g/mol. The fourth-order valence-electron chi connectivity index (χ4n) is 3.01. The standard InChI is InChI=1S/C17H29N3O/c1-10(2)18-9-11(3)15-12(4)19-17(20-13(15)5)16(21-6)14-7-8-14/h10-11,14,16,18H,7-9H2,1-6H3. The van der Waals surface area contributed by atoms with Crippen LogP contribution in [0.3, 0.4) is 0 Å². The molecule has 118 valence electrons. The molecule has 1 aliphatic carbocycles. The lowest BCUT2D eigenvalue weighted by Gasteiger charge is -2.21. The van der Waals surface area contributed by atoms with E-state index in [4.69, 9.17) is 14.7 Å². The summed E-state index contributed by atoms with van der Waals surface area (Å²) in [6.45, 7) is 11.7. The Morgan fingerprint density at radius 1 is 1.14 bits per heavy atom. The van der Waals surface area contributed by atoms with E-state index in [1.165, 1.54) is 18.4 Å². The lowest BCUT2D eigenvalue weighted by molar-refractivity contribution is 0.0768. The van der Waals surface area contributed by atoms with E-state index >= 15 is 0 Å². The summed E-state index contributed by atoms with van der Waals surface area (Å²) in [7, 11) is 1.76. The molecule has 1 aromatic rings. The number of nitrogens with one attached hydrogen (secondary N) is 1. The zero-order valence-corrected chi connectivity index (χ0v) is 14.2. The number of hydrogen-bond donors (Lipinski definition) is 1. The molecule has 0 spiro atoms. The van der Waals surface area contributed by atoms with Gasteiger partial charge in [0.1, 0.15) is 6.10 Å². The lowest BCUT2D eigenvalue weighted by Crippen LogP contribution is -2.28. The van der Waals surface area contributed by atoms with Gasteiger partial charge in [-0.15, -0.1) is 0 Å². The van der Waals surface area contributed by atoms with Crippen LogP contribution in [0, 0.1) is 19.8 Å². The van der Waals surface area contributed by atoms with Crippen LogP contribution in [0.4, 0.5) is 0 Å². The summed E-state index contributed by atoms with van der Waals surface area (Å²) in [6, 6.07) is 0.501. The van der Waals surface area contributed by atoms with E-state index in [0.29, 0.717) is 17.9 Å². The van der Waals surface area contributed by atoms with Crippen LogP contribution in [0.2, 0.25) is 0 Å². The van der Waals surface area contributed by atoms with Crippen LogP contribution in [0.5, 0.6) is 0 Å².